The maximum absolute atomic E-state index is 13.3. The molecule has 1 amide bonds. The first-order chi connectivity index (χ1) is 10.0. The van der Waals surface area contributed by atoms with Gasteiger partial charge in [-0.05, 0) is 48.9 Å². The fraction of sp³-hybridized carbons (Fsp3) is 0.312. The number of carbonyl (C=O) groups is 1. The first kappa shape index (κ1) is 14.1. The Balaban J connectivity index is 1.85. The highest BCUT2D eigenvalue weighted by atomic mass is 32.1. The molecular formula is C16H17FN2OS. The van der Waals surface area contributed by atoms with E-state index in [4.69, 9.17) is 5.73 Å². The van der Waals surface area contributed by atoms with Crippen LogP contribution in [0.25, 0.3) is 0 Å². The van der Waals surface area contributed by atoms with Gasteiger partial charge in [-0.1, -0.05) is 6.92 Å². The van der Waals surface area contributed by atoms with Crippen molar-refractivity contribution in [2.75, 3.05) is 11.1 Å². The number of anilines is 2. The molecule has 110 valence electrons. The Bertz CT molecular complexity index is 696. The second kappa shape index (κ2) is 5.48. The summed E-state index contributed by atoms with van der Waals surface area (Å²) in [4.78, 5) is 13.7. The molecule has 3 nitrogen and oxygen atoms in total. The fourth-order valence-electron chi connectivity index (χ4n) is 2.69. The molecule has 0 saturated carbocycles. The van der Waals surface area contributed by atoms with Crippen molar-refractivity contribution in [3.05, 3.63) is 45.4 Å². The Hall–Kier alpha value is -1.88. The van der Waals surface area contributed by atoms with Gasteiger partial charge in [-0.25, -0.2) is 4.39 Å². The van der Waals surface area contributed by atoms with Gasteiger partial charge < -0.3 is 11.1 Å². The van der Waals surface area contributed by atoms with E-state index < -0.39 is 5.82 Å². The van der Waals surface area contributed by atoms with Crippen molar-refractivity contribution in [1.29, 1.82) is 0 Å². The van der Waals surface area contributed by atoms with Gasteiger partial charge in [0.1, 0.15) is 5.82 Å². The molecule has 21 heavy (non-hydrogen) atoms. The van der Waals surface area contributed by atoms with Gasteiger partial charge in [-0.3, -0.25) is 4.79 Å². The SMILES string of the molecule is CC1CCc2c(C(=O)Nc3cc(F)ccc3N)csc2C1. The number of thiophene rings is 1. The molecule has 1 aliphatic carbocycles. The van der Waals surface area contributed by atoms with Crippen LogP contribution >= 0.6 is 11.3 Å². The van der Waals surface area contributed by atoms with Gasteiger partial charge in [0, 0.05) is 10.3 Å². The maximum atomic E-state index is 13.3. The van der Waals surface area contributed by atoms with Crippen molar-refractivity contribution in [1.82, 2.24) is 0 Å². The van der Waals surface area contributed by atoms with Gasteiger partial charge in [0.05, 0.1) is 16.9 Å². The predicted molar refractivity (Wildman–Crippen MR) is 84.3 cm³/mol. The molecule has 0 saturated heterocycles. The van der Waals surface area contributed by atoms with E-state index in [-0.39, 0.29) is 5.91 Å². The summed E-state index contributed by atoms with van der Waals surface area (Å²) in [5.41, 5.74) is 8.30. The third-order valence-corrected chi connectivity index (χ3v) is 4.96. The molecule has 2 aromatic rings. The van der Waals surface area contributed by atoms with Crippen molar-refractivity contribution in [2.24, 2.45) is 5.92 Å². The van der Waals surface area contributed by atoms with E-state index in [1.165, 1.54) is 23.1 Å². The van der Waals surface area contributed by atoms with Gasteiger partial charge >= 0.3 is 0 Å². The monoisotopic (exact) mass is 304 g/mol. The third-order valence-electron chi connectivity index (χ3n) is 3.91. The highest BCUT2D eigenvalue weighted by molar-refractivity contribution is 7.10. The predicted octanol–water partition coefficient (Wildman–Crippen LogP) is 3.85. The summed E-state index contributed by atoms with van der Waals surface area (Å²) in [5.74, 6) is 0.0472. The largest absolute Gasteiger partial charge is 0.397 e. The average Bonchev–Trinajstić information content (AvgIpc) is 2.85. The molecule has 0 fully saturated rings. The molecule has 1 atom stereocenters. The minimum Gasteiger partial charge on any atom is -0.397 e. The molecule has 1 unspecified atom stereocenters. The van der Waals surface area contributed by atoms with Crippen molar-refractivity contribution in [3.8, 4) is 0 Å². The number of rotatable bonds is 2. The van der Waals surface area contributed by atoms with Crippen molar-refractivity contribution in [3.63, 3.8) is 0 Å². The third kappa shape index (κ3) is 2.78. The minimum atomic E-state index is -0.416. The summed E-state index contributed by atoms with van der Waals surface area (Å²) >= 11 is 1.64. The van der Waals surface area contributed by atoms with Gasteiger partial charge in [0.25, 0.3) is 5.91 Å². The number of nitrogen functional groups attached to an aromatic ring is 1. The fourth-order valence-corrected chi connectivity index (χ4v) is 3.94. The van der Waals surface area contributed by atoms with E-state index >= 15 is 0 Å². The Labute approximate surface area is 127 Å². The second-order valence-electron chi connectivity index (χ2n) is 5.58. The second-order valence-corrected chi connectivity index (χ2v) is 6.55. The number of hydrogen-bond acceptors (Lipinski definition) is 3. The van der Waals surface area contributed by atoms with Crippen molar-refractivity contribution in [2.45, 2.75) is 26.2 Å². The first-order valence-corrected chi connectivity index (χ1v) is 7.88. The van der Waals surface area contributed by atoms with Gasteiger partial charge in [0.2, 0.25) is 0 Å². The zero-order valence-corrected chi connectivity index (χ0v) is 12.6. The van der Waals surface area contributed by atoms with E-state index in [2.05, 4.69) is 12.2 Å². The molecule has 1 aromatic carbocycles. The van der Waals surface area contributed by atoms with Crippen LogP contribution in [0, 0.1) is 11.7 Å². The highest BCUT2D eigenvalue weighted by Gasteiger charge is 2.23. The number of fused-ring (bicyclic) bond motifs is 1. The van der Waals surface area contributed by atoms with E-state index in [0.29, 0.717) is 22.9 Å². The Morgan fingerprint density at radius 1 is 1.48 bits per heavy atom. The molecule has 1 aromatic heterocycles. The number of nitrogens with one attached hydrogen (secondary N) is 1. The normalized spacial score (nSPS) is 17.3. The van der Waals surface area contributed by atoms with Crippen LogP contribution in [0.15, 0.2) is 23.6 Å². The van der Waals surface area contributed by atoms with Crippen LogP contribution in [-0.2, 0) is 12.8 Å². The minimum absolute atomic E-state index is 0.209. The lowest BCUT2D eigenvalue weighted by Gasteiger charge is -2.19. The number of halogens is 1. The number of amides is 1. The van der Waals surface area contributed by atoms with E-state index in [1.807, 2.05) is 5.38 Å². The lowest BCUT2D eigenvalue weighted by Crippen LogP contribution is -2.17. The standard InChI is InChI=1S/C16H17FN2OS/c1-9-2-4-11-12(8-21-15(11)6-9)16(20)19-14-7-10(17)3-5-13(14)18/h3,5,7-9H,2,4,6,18H2,1H3,(H,19,20). The van der Waals surface area contributed by atoms with Crippen molar-refractivity contribution < 1.29 is 9.18 Å². The molecule has 5 heteroatoms. The quantitative estimate of drug-likeness (QED) is 0.828. The van der Waals surface area contributed by atoms with Gasteiger partial charge in [-0.2, -0.15) is 0 Å². The summed E-state index contributed by atoms with van der Waals surface area (Å²) in [5, 5.41) is 4.61. The zero-order valence-electron chi connectivity index (χ0n) is 11.8. The molecule has 1 heterocycles. The Morgan fingerprint density at radius 2 is 2.29 bits per heavy atom. The molecule has 0 bridgehead atoms. The van der Waals surface area contributed by atoms with Crippen LogP contribution in [0.3, 0.4) is 0 Å². The number of benzene rings is 1. The van der Waals surface area contributed by atoms with Gasteiger partial charge in [-0.15, -0.1) is 11.3 Å². The zero-order chi connectivity index (χ0) is 15.0. The van der Waals surface area contributed by atoms with E-state index in [9.17, 15) is 9.18 Å². The van der Waals surface area contributed by atoms with Gasteiger partial charge in [0.15, 0.2) is 0 Å². The first-order valence-electron chi connectivity index (χ1n) is 7.00. The molecule has 0 radical (unpaired) electrons. The lowest BCUT2D eigenvalue weighted by molar-refractivity contribution is 0.102. The molecule has 3 N–H and O–H groups in total. The van der Waals surface area contributed by atoms with E-state index in [1.54, 1.807) is 11.3 Å². The summed E-state index contributed by atoms with van der Waals surface area (Å²) < 4.78 is 13.3. The number of nitrogens with two attached hydrogens (primary N) is 1. The molecule has 1 aliphatic rings. The average molecular weight is 304 g/mol. The van der Waals surface area contributed by atoms with Crippen LogP contribution in [-0.4, -0.2) is 5.91 Å². The summed E-state index contributed by atoms with van der Waals surface area (Å²) in [6.45, 7) is 2.23. The Kier molecular flexibility index (Phi) is 3.68. The van der Waals surface area contributed by atoms with Crippen LogP contribution in [0.4, 0.5) is 15.8 Å². The van der Waals surface area contributed by atoms with E-state index in [0.717, 1.165) is 24.8 Å². The summed E-state index contributed by atoms with van der Waals surface area (Å²) in [6.07, 6.45) is 3.07. The number of carbonyl (C=O) groups excluding carboxylic acids is 1. The number of hydrogen-bond donors (Lipinski definition) is 2. The van der Waals surface area contributed by atoms with Crippen LogP contribution in [0.5, 0.6) is 0 Å². The van der Waals surface area contributed by atoms with Crippen LogP contribution in [0.1, 0.15) is 34.1 Å². The molecule has 0 spiro atoms. The van der Waals surface area contributed by atoms with Crippen LogP contribution in [0.2, 0.25) is 0 Å². The maximum Gasteiger partial charge on any atom is 0.256 e. The summed E-state index contributed by atoms with van der Waals surface area (Å²) in [6, 6.07) is 3.97. The topological polar surface area (TPSA) is 55.1 Å². The smallest absolute Gasteiger partial charge is 0.256 e. The highest BCUT2D eigenvalue weighted by Crippen LogP contribution is 2.33. The summed E-state index contributed by atoms with van der Waals surface area (Å²) in [7, 11) is 0. The van der Waals surface area contributed by atoms with Crippen molar-refractivity contribution >= 4 is 28.6 Å². The molecular weight excluding hydrogens is 287 g/mol. The Morgan fingerprint density at radius 3 is 3.10 bits per heavy atom. The van der Waals surface area contributed by atoms with Crippen LogP contribution < -0.4 is 11.1 Å². The molecule has 3 rings (SSSR count). The molecule has 0 aliphatic heterocycles. The lowest BCUT2D eigenvalue weighted by atomic mass is 9.88.